The molecule has 0 radical (unpaired) electrons. The second kappa shape index (κ2) is 6.40. The van der Waals surface area contributed by atoms with Gasteiger partial charge in [-0.05, 0) is 51.5 Å². The van der Waals surface area contributed by atoms with Gasteiger partial charge in [0.2, 0.25) is 0 Å². The number of nitriles is 1. The first-order chi connectivity index (χ1) is 7.93. The quantitative estimate of drug-likeness (QED) is 0.681. The van der Waals surface area contributed by atoms with Crippen molar-refractivity contribution in [2.45, 2.75) is 53.4 Å². The molecule has 0 aliphatic carbocycles. The smallest absolute Gasteiger partial charge is 0.0683 e. The molecule has 1 rings (SSSR count). The lowest BCUT2D eigenvalue weighted by Gasteiger charge is -2.35. The number of hydrogen-bond donors (Lipinski definition) is 0. The van der Waals surface area contributed by atoms with Gasteiger partial charge in [0.05, 0.1) is 11.5 Å². The Hall–Kier alpha value is -0.550. The average Bonchev–Trinajstić information content (AvgIpc) is 2.23. The molecule has 2 nitrogen and oxygen atoms in total. The number of rotatable bonds is 5. The zero-order chi connectivity index (χ0) is 12.9. The van der Waals surface area contributed by atoms with E-state index in [0.29, 0.717) is 0 Å². The summed E-state index contributed by atoms with van der Waals surface area (Å²) in [5, 5.41) is 8.95. The highest BCUT2D eigenvalue weighted by Gasteiger charge is 2.21. The first-order valence-corrected chi connectivity index (χ1v) is 7.06. The number of hydrogen-bond acceptors (Lipinski definition) is 2. The van der Waals surface area contributed by atoms with Crippen molar-refractivity contribution in [3.05, 3.63) is 0 Å². The summed E-state index contributed by atoms with van der Waals surface area (Å²) in [6.07, 6.45) is 4.84. The third kappa shape index (κ3) is 5.55. The van der Waals surface area contributed by atoms with Gasteiger partial charge in [0.25, 0.3) is 0 Å². The molecule has 17 heavy (non-hydrogen) atoms. The summed E-state index contributed by atoms with van der Waals surface area (Å²) in [4.78, 5) is 2.61. The molecule has 1 saturated heterocycles. The third-order valence-electron chi connectivity index (χ3n) is 3.77. The Kier molecular flexibility index (Phi) is 5.46. The zero-order valence-corrected chi connectivity index (χ0v) is 12.0. The van der Waals surface area contributed by atoms with Crippen molar-refractivity contribution in [3.8, 4) is 6.07 Å². The summed E-state index contributed by atoms with van der Waals surface area (Å²) in [6, 6.07) is 2.38. The van der Waals surface area contributed by atoms with Gasteiger partial charge in [-0.15, -0.1) is 0 Å². The molecule has 0 spiro atoms. The largest absolute Gasteiger partial charge is 0.303 e. The van der Waals surface area contributed by atoms with E-state index in [0.717, 1.165) is 18.3 Å². The van der Waals surface area contributed by atoms with E-state index in [2.05, 4.69) is 24.8 Å². The van der Waals surface area contributed by atoms with Crippen LogP contribution in [-0.2, 0) is 0 Å². The number of nitrogens with zero attached hydrogens (tertiary/aromatic N) is 2. The summed E-state index contributed by atoms with van der Waals surface area (Å²) in [5.41, 5.74) is -0.136. The van der Waals surface area contributed by atoms with E-state index in [1.165, 1.54) is 38.9 Å². The van der Waals surface area contributed by atoms with Crippen LogP contribution in [0.4, 0.5) is 0 Å². The summed E-state index contributed by atoms with van der Waals surface area (Å²) < 4.78 is 0. The molecule has 0 saturated carbocycles. The fourth-order valence-electron chi connectivity index (χ4n) is 2.93. The Balaban J connectivity index is 2.17. The molecule has 2 atom stereocenters. The number of likely N-dealkylation sites (tertiary alicyclic amines) is 1. The highest BCUT2D eigenvalue weighted by Crippen LogP contribution is 2.23. The maximum Gasteiger partial charge on any atom is 0.0683 e. The summed E-state index contributed by atoms with van der Waals surface area (Å²) in [5.74, 6) is 1.71. The van der Waals surface area contributed by atoms with E-state index < -0.39 is 0 Å². The first kappa shape index (κ1) is 14.5. The van der Waals surface area contributed by atoms with Crippen LogP contribution in [0.3, 0.4) is 0 Å². The van der Waals surface area contributed by atoms with Crippen molar-refractivity contribution in [1.29, 1.82) is 5.26 Å². The second-order valence-corrected chi connectivity index (χ2v) is 6.66. The van der Waals surface area contributed by atoms with Gasteiger partial charge in [-0.3, -0.25) is 0 Å². The molecular formula is C15H28N2. The van der Waals surface area contributed by atoms with Crippen molar-refractivity contribution in [1.82, 2.24) is 4.90 Å². The van der Waals surface area contributed by atoms with Crippen LogP contribution < -0.4 is 0 Å². The van der Waals surface area contributed by atoms with Crippen LogP contribution in [0.15, 0.2) is 0 Å². The average molecular weight is 236 g/mol. The standard InChI is InChI=1S/C15H28N2/c1-13-9-14(2)11-17(10-13)8-6-5-7-15(3,4)12-16/h13-14H,5-11H2,1-4H3. The van der Waals surface area contributed by atoms with Gasteiger partial charge < -0.3 is 4.90 Å². The van der Waals surface area contributed by atoms with E-state index in [-0.39, 0.29) is 5.41 Å². The molecule has 1 heterocycles. The van der Waals surface area contributed by atoms with Crippen molar-refractivity contribution < 1.29 is 0 Å². The Morgan fingerprint density at radius 3 is 2.29 bits per heavy atom. The molecule has 98 valence electrons. The van der Waals surface area contributed by atoms with Crippen LogP contribution in [0.1, 0.15) is 53.4 Å². The van der Waals surface area contributed by atoms with Crippen molar-refractivity contribution in [2.75, 3.05) is 19.6 Å². The van der Waals surface area contributed by atoms with Gasteiger partial charge in [0, 0.05) is 13.1 Å². The maximum absolute atomic E-state index is 8.95. The van der Waals surface area contributed by atoms with Gasteiger partial charge in [-0.2, -0.15) is 5.26 Å². The molecule has 0 amide bonds. The van der Waals surface area contributed by atoms with Gasteiger partial charge in [0.15, 0.2) is 0 Å². The topological polar surface area (TPSA) is 27.0 Å². The SMILES string of the molecule is CC1CC(C)CN(CCCCC(C)(C)C#N)C1. The molecule has 0 aromatic rings. The minimum atomic E-state index is -0.136. The van der Waals surface area contributed by atoms with Crippen molar-refractivity contribution in [2.24, 2.45) is 17.3 Å². The maximum atomic E-state index is 8.95. The monoisotopic (exact) mass is 236 g/mol. The fourth-order valence-corrected chi connectivity index (χ4v) is 2.93. The fraction of sp³-hybridized carbons (Fsp3) is 0.933. The van der Waals surface area contributed by atoms with Gasteiger partial charge >= 0.3 is 0 Å². The molecule has 1 aliphatic rings. The molecule has 1 fully saturated rings. The summed E-state index contributed by atoms with van der Waals surface area (Å²) in [6.45, 7) is 12.6. The molecule has 0 bridgehead atoms. The first-order valence-electron chi connectivity index (χ1n) is 7.06. The highest BCUT2D eigenvalue weighted by molar-refractivity contribution is 4.91. The molecule has 0 N–H and O–H groups in total. The molecular weight excluding hydrogens is 208 g/mol. The van der Waals surface area contributed by atoms with Crippen LogP contribution in [0.2, 0.25) is 0 Å². The third-order valence-corrected chi connectivity index (χ3v) is 3.77. The predicted octanol–water partition coefficient (Wildman–Crippen LogP) is 3.68. The molecule has 2 unspecified atom stereocenters. The van der Waals surface area contributed by atoms with Gasteiger partial charge in [-0.1, -0.05) is 20.3 Å². The predicted molar refractivity (Wildman–Crippen MR) is 72.6 cm³/mol. The van der Waals surface area contributed by atoms with Crippen molar-refractivity contribution in [3.63, 3.8) is 0 Å². The number of unbranched alkanes of at least 4 members (excludes halogenated alkanes) is 1. The normalized spacial score (nSPS) is 26.8. The van der Waals surface area contributed by atoms with E-state index >= 15 is 0 Å². The van der Waals surface area contributed by atoms with Crippen LogP contribution in [0, 0.1) is 28.6 Å². The van der Waals surface area contributed by atoms with Crippen LogP contribution >= 0.6 is 0 Å². The lowest BCUT2D eigenvalue weighted by molar-refractivity contribution is 0.138. The molecule has 0 aromatic carbocycles. The molecule has 2 heteroatoms. The number of piperidine rings is 1. The van der Waals surface area contributed by atoms with E-state index in [1.807, 2.05) is 13.8 Å². The lowest BCUT2D eigenvalue weighted by Crippen LogP contribution is -2.39. The van der Waals surface area contributed by atoms with Crippen LogP contribution in [0.5, 0.6) is 0 Å². The Morgan fingerprint density at radius 1 is 1.18 bits per heavy atom. The summed E-state index contributed by atoms with van der Waals surface area (Å²) >= 11 is 0. The molecule has 0 aromatic heterocycles. The van der Waals surface area contributed by atoms with E-state index in [1.54, 1.807) is 0 Å². The van der Waals surface area contributed by atoms with Crippen LogP contribution in [-0.4, -0.2) is 24.5 Å². The Morgan fingerprint density at radius 2 is 1.76 bits per heavy atom. The molecule has 1 aliphatic heterocycles. The highest BCUT2D eigenvalue weighted by atomic mass is 15.1. The minimum absolute atomic E-state index is 0.136. The van der Waals surface area contributed by atoms with E-state index in [4.69, 9.17) is 5.26 Å². The lowest BCUT2D eigenvalue weighted by atomic mass is 9.88. The minimum Gasteiger partial charge on any atom is -0.303 e. The summed E-state index contributed by atoms with van der Waals surface area (Å²) in [7, 11) is 0. The van der Waals surface area contributed by atoms with Crippen molar-refractivity contribution >= 4 is 0 Å². The van der Waals surface area contributed by atoms with Gasteiger partial charge in [-0.25, -0.2) is 0 Å². The van der Waals surface area contributed by atoms with E-state index in [9.17, 15) is 0 Å². The Labute approximate surface area is 107 Å². The second-order valence-electron chi connectivity index (χ2n) is 6.66. The van der Waals surface area contributed by atoms with Gasteiger partial charge in [0.1, 0.15) is 0 Å². The Bertz CT molecular complexity index is 255. The van der Waals surface area contributed by atoms with Crippen LogP contribution in [0.25, 0.3) is 0 Å². The zero-order valence-electron chi connectivity index (χ0n) is 12.0.